The van der Waals surface area contributed by atoms with E-state index < -0.39 is 0 Å². The second kappa shape index (κ2) is 7.25. The van der Waals surface area contributed by atoms with Crippen molar-refractivity contribution in [2.75, 3.05) is 13.2 Å². The summed E-state index contributed by atoms with van der Waals surface area (Å²) in [4.78, 5) is 13.3. The summed E-state index contributed by atoms with van der Waals surface area (Å²) in [5.74, 6) is 0.415. The minimum atomic E-state index is 0.415. The Morgan fingerprint density at radius 1 is 1.63 bits per heavy atom. The number of nitrogens with zero attached hydrogens (tertiary/aromatic N) is 3. The summed E-state index contributed by atoms with van der Waals surface area (Å²) >= 11 is 1.78. The molecule has 19 heavy (non-hydrogen) atoms. The minimum Gasteiger partial charge on any atom is -0.393 e. The second-order valence-electron chi connectivity index (χ2n) is 4.34. The molecule has 1 fully saturated rings. The lowest BCUT2D eigenvalue weighted by molar-refractivity contribution is 0.150. The fraction of sp³-hybridized carbons (Fsp3) is 0.462. The van der Waals surface area contributed by atoms with Gasteiger partial charge in [-0.25, -0.2) is 4.99 Å². The Bertz CT molecular complexity index is 460. The van der Waals surface area contributed by atoms with Gasteiger partial charge in [0.15, 0.2) is 0 Å². The molecule has 1 aromatic rings. The van der Waals surface area contributed by atoms with E-state index in [0.717, 1.165) is 17.4 Å². The van der Waals surface area contributed by atoms with Crippen LogP contribution in [-0.4, -0.2) is 35.9 Å². The molecule has 6 heteroatoms. The summed E-state index contributed by atoms with van der Waals surface area (Å²) in [6.45, 7) is 6.75. The minimum absolute atomic E-state index is 0.415. The molecule has 0 aliphatic heterocycles. The van der Waals surface area contributed by atoms with Crippen LogP contribution in [-0.2, 0) is 4.84 Å². The zero-order valence-electron chi connectivity index (χ0n) is 11.0. The van der Waals surface area contributed by atoms with Crippen molar-refractivity contribution in [3.63, 3.8) is 0 Å². The first-order chi connectivity index (χ1) is 9.29. The molecular formula is C13H18N4OS. The lowest BCUT2D eigenvalue weighted by Crippen LogP contribution is -2.12. The topological polar surface area (TPSA) is 58.9 Å². The molecule has 0 unspecified atom stereocenters. The highest BCUT2D eigenvalue weighted by atomic mass is 32.2. The number of nitrogens with one attached hydrogen (secondary N) is 1. The molecule has 1 saturated carbocycles. The summed E-state index contributed by atoms with van der Waals surface area (Å²) in [7, 11) is 0. The van der Waals surface area contributed by atoms with Gasteiger partial charge in [0.05, 0.1) is 0 Å². The van der Waals surface area contributed by atoms with E-state index in [1.165, 1.54) is 12.8 Å². The molecular weight excluding hydrogens is 260 g/mol. The average molecular weight is 278 g/mol. The summed E-state index contributed by atoms with van der Waals surface area (Å²) < 4.78 is 3.25. The van der Waals surface area contributed by atoms with E-state index in [2.05, 4.69) is 26.6 Å². The Balaban J connectivity index is 1.76. The van der Waals surface area contributed by atoms with Crippen molar-refractivity contribution in [1.82, 2.24) is 9.71 Å². The van der Waals surface area contributed by atoms with Crippen LogP contribution >= 0.6 is 11.9 Å². The number of aryl methyl sites for hydroxylation is 1. The Kier molecular flexibility index (Phi) is 5.35. The van der Waals surface area contributed by atoms with Gasteiger partial charge in [0.1, 0.15) is 12.3 Å². The molecule has 1 heterocycles. The fourth-order valence-electron chi connectivity index (χ4n) is 1.37. The van der Waals surface area contributed by atoms with Crippen LogP contribution in [0.25, 0.3) is 0 Å². The van der Waals surface area contributed by atoms with Gasteiger partial charge in [0.2, 0.25) is 5.84 Å². The number of hydrogen-bond acceptors (Lipinski definition) is 5. The molecule has 0 aromatic carbocycles. The third kappa shape index (κ3) is 5.00. The van der Waals surface area contributed by atoms with Crippen molar-refractivity contribution < 1.29 is 4.84 Å². The van der Waals surface area contributed by atoms with Crippen molar-refractivity contribution in [1.29, 1.82) is 0 Å². The van der Waals surface area contributed by atoms with Gasteiger partial charge in [-0.05, 0) is 44.2 Å². The maximum atomic E-state index is 5.22. The third-order valence-corrected chi connectivity index (χ3v) is 3.69. The number of rotatable bonds is 7. The number of amidine groups is 1. The lowest BCUT2D eigenvalue weighted by Gasteiger charge is -2.03. The maximum Gasteiger partial charge on any atom is 0.216 e. The molecule has 1 aliphatic rings. The molecule has 1 N–H and O–H groups in total. The van der Waals surface area contributed by atoms with Gasteiger partial charge in [-0.2, -0.15) is 0 Å². The summed E-state index contributed by atoms with van der Waals surface area (Å²) in [5, 5.41) is 4.76. The first-order valence-electron chi connectivity index (χ1n) is 6.28. The van der Waals surface area contributed by atoms with Gasteiger partial charge in [-0.15, -0.1) is 0 Å². The standard InChI is InChI=1S/C13H18N4OS/c1-10-5-6-15-12(9-10)13(14-2)17-18-8-7-16-19-11-3-4-11/h5-6,9,11,16H,2-4,7-8H2,1H3/b17-13-. The SMILES string of the molecule is C=N/C(=N\OCCNSC1CC1)c1cc(C)ccn1. The lowest BCUT2D eigenvalue weighted by atomic mass is 10.2. The summed E-state index contributed by atoms with van der Waals surface area (Å²) in [6, 6.07) is 3.82. The van der Waals surface area contributed by atoms with Crippen molar-refractivity contribution >= 4 is 24.5 Å². The molecule has 1 aliphatic carbocycles. The van der Waals surface area contributed by atoms with Crippen LogP contribution in [0.2, 0.25) is 0 Å². The van der Waals surface area contributed by atoms with Crippen molar-refractivity contribution in [2.45, 2.75) is 25.0 Å². The quantitative estimate of drug-likeness (QED) is 0.273. The van der Waals surface area contributed by atoms with Gasteiger partial charge >= 0.3 is 0 Å². The molecule has 1 aromatic heterocycles. The van der Waals surface area contributed by atoms with Gasteiger partial charge < -0.3 is 4.84 Å². The largest absolute Gasteiger partial charge is 0.393 e. The van der Waals surface area contributed by atoms with Gasteiger partial charge in [0.25, 0.3) is 0 Å². The maximum absolute atomic E-state index is 5.22. The molecule has 0 saturated heterocycles. The first-order valence-corrected chi connectivity index (χ1v) is 7.16. The molecule has 0 atom stereocenters. The highest BCUT2D eigenvalue weighted by molar-refractivity contribution is 7.98. The van der Waals surface area contributed by atoms with Crippen molar-refractivity contribution in [3.8, 4) is 0 Å². The van der Waals surface area contributed by atoms with Crippen LogP contribution in [0.4, 0.5) is 0 Å². The monoisotopic (exact) mass is 278 g/mol. The zero-order valence-corrected chi connectivity index (χ0v) is 11.8. The molecule has 0 spiro atoms. The van der Waals surface area contributed by atoms with E-state index in [-0.39, 0.29) is 0 Å². The Hall–Kier alpha value is -1.40. The van der Waals surface area contributed by atoms with Crippen LogP contribution in [0, 0.1) is 6.92 Å². The number of aromatic nitrogens is 1. The molecule has 2 rings (SSSR count). The molecule has 5 nitrogen and oxygen atoms in total. The Labute approximate surface area is 117 Å². The molecule has 0 radical (unpaired) electrons. The van der Waals surface area contributed by atoms with Crippen LogP contribution in [0.1, 0.15) is 24.1 Å². The number of aliphatic imine (C=N–C) groups is 1. The van der Waals surface area contributed by atoms with Crippen LogP contribution < -0.4 is 4.72 Å². The highest BCUT2D eigenvalue weighted by Gasteiger charge is 2.21. The van der Waals surface area contributed by atoms with E-state index >= 15 is 0 Å². The summed E-state index contributed by atoms with van der Waals surface area (Å²) in [6.07, 6.45) is 4.36. The number of oxime groups is 1. The van der Waals surface area contributed by atoms with Crippen LogP contribution in [0.3, 0.4) is 0 Å². The molecule has 0 bridgehead atoms. The summed E-state index contributed by atoms with van der Waals surface area (Å²) in [5.41, 5.74) is 1.78. The second-order valence-corrected chi connectivity index (χ2v) is 5.53. The van der Waals surface area contributed by atoms with Gasteiger partial charge in [-0.1, -0.05) is 17.1 Å². The predicted molar refractivity (Wildman–Crippen MR) is 79.6 cm³/mol. The Morgan fingerprint density at radius 2 is 2.47 bits per heavy atom. The van der Waals surface area contributed by atoms with E-state index in [9.17, 15) is 0 Å². The first kappa shape index (κ1) is 14.0. The average Bonchev–Trinajstić information content (AvgIpc) is 3.22. The van der Waals surface area contributed by atoms with Crippen molar-refractivity contribution in [3.05, 3.63) is 29.6 Å². The fourth-order valence-corrected chi connectivity index (χ4v) is 2.18. The van der Waals surface area contributed by atoms with E-state index in [0.29, 0.717) is 18.1 Å². The molecule has 0 amide bonds. The van der Waals surface area contributed by atoms with E-state index in [1.54, 1.807) is 18.1 Å². The Morgan fingerprint density at radius 3 is 3.16 bits per heavy atom. The zero-order chi connectivity index (χ0) is 13.5. The normalized spacial score (nSPS) is 15.3. The van der Waals surface area contributed by atoms with E-state index in [1.807, 2.05) is 19.1 Å². The third-order valence-electron chi connectivity index (χ3n) is 2.52. The predicted octanol–water partition coefficient (Wildman–Crippen LogP) is 2.17. The van der Waals surface area contributed by atoms with Gasteiger partial charge in [-0.3, -0.25) is 9.71 Å². The van der Waals surface area contributed by atoms with Crippen LogP contribution in [0.15, 0.2) is 28.5 Å². The molecule has 102 valence electrons. The highest BCUT2D eigenvalue weighted by Crippen LogP contribution is 2.31. The van der Waals surface area contributed by atoms with Crippen molar-refractivity contribution in [2.24, 2.45) is 10.1 Å². The number of pyridine rings is 1. The van der Waals surface area contributed by atoms with E-state index in [4.69, 9.17) is 4.84 Å². The van der Waals surface area contributed by atoms with Crippen LogP contribution in [0.5, 0.6) is 0 Å². The number of hydrogen-bond donors (Lipinski definition) is 1. The van der Waals surface area contributed by atoms with Gasteiger partial charge in [0, 0.05) is 18.0 Å². The smallest absolute Gasteiger partial charge is 0.216 e.